The number of anilines is 3. The van der Waals surface area contributed by atoms with Crippen molar-refractivity contribution in [3.63, 3.8) is 0 Å². The average molecular weight is 566 g/mol. The predicted molar refractivity (Wildman–Crippen MR) is 151 cm³/mol. The highest BCUT2D eigenvalue weighted by molar-refractivity contribution is 7.93. The number of carbonyl (C=O) groups is 1. The van der Waals surface area contributed by atoms with E-state index < -0.39 is 26.0 Å². The Labute approximate surface area is 228 Å². The van der Waals surface area contributed by atoms with E-state index in [2.05, 4.69) is 14.8 Å². The average Bonchev–Trinajstić information content (AvgIpc) is 2.90. The molecule has 0 aliphatic carbocycles. The number of rotatable bonds is 9. The Bertz CT molecular complexity index is 1720. The molecule has 0 radical (unpaired) electrons. The molecule has 4 aromatic rings. The smallest absolute Gasteiger partial charge is 0.262 e. The molecule has 0 spiro atoms. The number of methoxy groups -OCH3 is 1. The van der Waals surface area contributed by atoms with Crippen LogP contribution in [-0.4, -0.2) is 29.9 Å². The van der Waals surface area contributed by atoms with E-state index in [1.807, 2.05) is 13.0 Å². The van der Waals surface area contributed by atoms with E-state index in [4.69, 9.17) is 4.74 Å². The van der Waals surface area contributed by atoms with Crippen LogP contribution in [0.2, 0.25) is 0 Å². The maximum absolute atomic E-state index is 12.9. The van der Waals surface area contributed by atoms with Crippen molar-refractivity contribution in [3.05, 3.63) is 108 Å². The van der Waals surface area contributed by atoms with Gasteiger partial charge in [0.2, 0.25) is 0 Å². The maximum Gasteiger partial charge on any atom is 0.262 e. The van der Waals surface area contributed by atoms with Crippen LogP contribution in [-0.2, 0) is 20.0 Å². The van der Waals surface area contributed by atoms with Crippen LogP contribution < -0.4 is 19.5 Å². The minimum absolute atomic E-state index is 0.00922. The van der Waals surface area contributed by atoms with Crippen LogP contribution in [0.4, 0.5) is 17.1 Å². The Morgan fingerprint density at radius 2 is 1.31 bits per heavy atom. The van der Waals surface area contributed by atoms with E-state index >= 15 is 0 Å². The topological polar surface area (TPSA) is 131 Å². The molecule has 11 heteroatoms. The molecule has 39 heavy (non-hydrogen) atoms. The van der Waals surface area contributed by atoms with Gasteiger partial charge in [-0.25, -0.2) is 16.8 Å². The molecule has 0 aliphatic heterocycles. The molecule has 0 bridgehead atoms. The van der Waals surface area contributed by atoms with Gasteiger partial charge in [-0.3, -0.25) is 14.2 Å². The SMILES string of the molecule is COc1ccc(C)cc1NS(=O)(=O)c1ccc(NC(=O)c2ccc(NS(=O)(=O)c3ccccc3)c(C)c2)cc1. The number of carbonyl (C=O) groups excluding carboxylic acids is 1. The van der Waals surface area contributed by atoms with Crippen molar-refractivity contribution in [2.45, 2.75) is 23.6 Å². The number of ether oxygens (including phenoxy) is 1. The molecule has 4 rings (SSSR count). The molecule has 0 aliphatic rings. The maximum atomic E-state index is 12.9. The van der Waals surface area contributed by atoms with E-state index in [-0.39, 0.29) is 9.79 Å². The highest BCUT2D eigenvalue weighted by Crippen LogP contribution is 2.28. The Morgan fingerprint density at radius 3 is 1.92 bits per heavy atom. The number of sulfonamides is 2. The van der Waals surface area contributed by atoms with Crippen molar-refractivity contribution in [3.8, 4) is 5.75 Å². The van der Waals surface area contributed by atoms with Crippen LogP contribution in [0.1, 0.15) is 21.5 Å². The number of hydrogen-bond donors (Lipinski definition) is 3. The molecule has 0 saturated carbocycles. The number of aryl methyl sites for hydroxylation is 2. The third-order valence-electron chi connectivity index (χ3n) is 5.81. The Morgan fingerprint density at radius 1 is 0.692 bits per heavy atom. The zero-order valence-electron chi connectivity index (χ0n) is 21.4. The summed E-state index contributed by atoms with van der Waals surface area (Å²) in [6.07, 6.45) is 0. The van der Waals surface area contributed by atoms with Gasteiger partial charge in [-0.1, -0.05) is 24.3 Å². The lowest BCUT2D eigenvalue weighted by Crippen LogP contribution is -2.16. The molecule has 3 N–H and O–H groups in total. The molecule has 0 aromatic heterocycles. The van der Waals surface area contributed by atoms with E-state index in [0.29, 0.717) is 33.9 Å². The van der Waals surface area contributed by atoms with Crippen LogP contribution in [0.25, 0.3) is 0 Å². The first-order chi connectivity index (χ1) is 18.5. The fourth-order valence-electron chi connectivity index (χ4n) is 3.75. The summed E-state index contributed by atoms with van der Waals surface area (Å²) >= 11 is 0. The van der Waals surface area contributed by atoms with Gasteiger partial charge in [-0.2, -0.15) is 0 Å². The molecule has 0 fully saturated rings. The molecular formula is C28H27N3O6S2. The molecule has 4 aromatic carbocycles. The van der Waals surface area contributed by atoms with E-state index in [0.717, 1.165) is 5.56 Å². The monoisotopic (exact) mass is 565 g/mol. The minimum atomic E-state index is -3.90. The first kappa shape index (κ1) is 27.7. The van der Waals surface area contributed by atoms with E-state index in [1.54, 1.807) is 43.3 Å². The van der Waals surface area contributed by atoms with Gasteiger partial charge < -0.3 is 10.1 Å². The van der Waals surface area contributed by atoms with Crippen LogP contribution in [0.3, 0.4) is 0 Å². The lowest BCUT2D eigenvalue weighted by Gasteiger charge is -2.13. The van der Waals surface area contributed by atoms with Crippen LogP contribution in [0, 0.1) is 13.8 Å². The van der Waals surface area contributed by atoms with Gasteiger partial charge in [-0.15, -0.1) is 0 Å². The molecule has 1 amide bonds. The van der Waals surface area contributed by atoms with Crippen molar-refractivity contribution in [2.75, 3.05) is 21.9 Å². The van der Waals surface area contributed by atoms with Gasteiger partial charge in [0.05, 0.1) is 28.3 Å². The number of hydrogen-bond acceptors (Lipinski definition) is 6. The fraction of sp³-hybridized carbons (Fsp3) is 0.107. The molecule has 9 nitrogen and oxygen atoms in total. The zero-order chi connectivity index (χ0) is 28.2. The summed E-state index contributed by atoms with van der Waals surface area (Å²) in [5.41, 5.74) is 2.78. The fourth-order valence-corrected chi connectivity index (χ4v) is 5.96. The van der Waals surface area contributed by atoms with Crippen molar-refractivity contribution in [1.29, 1.82) is 0 Å². The van der Waals surface area contributed by atoms with Crippen LogP contribution in [0.5, 0.6) is 5.75 Å². The number of benzene rings is 4. The van der Waals surface area contributed by atoms with Crippen molar-refractivity contribution >= 4 is 43.0 Å². The predicted octanol–water partition coefficient (Wildman–Crippen LogP) is 5.17. The van der Waals surface area contributed by atoms with Crippen LogP contribution >= 0.6 is 0 Å². The summed E-state index contributed by atoms with van der Waals surface area (Å²) < 4.78 is 61.3. The Hall–Kier alpha value is -4.35. The van der Waals surface area contributed by atoms with Gasteiger partial charge in [0, 0.05) is 11.3 Å². The third kappa shape index (κ3) is 6.57. The van der Waals surface area contributed by atoms with Gasteiger partial charge >= 0.3 is 0 Å². The van der Waals surface area contributed by atoms with E-state index in [9.17, 15) is 21.6 Å². The molecule has 202 valence electrons. The summed E-state index contributed by atoms with van der Waals surface area (Å²) in [6, 6.07) is 23.5. The van der Waals surface area contributed by atoms with Gasteiger partial charge in [0.25, 0.3) is 26.0 Å². The normalized spacial score (nSPS) is 11.5. The van der Waals surface area contributed by atoms with Gasteiger partial charge in [-0.05, 0) is 91.7 Å². The summed E-state index contributed by atoms with van der Waals surface area (Å²) in [6.45, 7) is 3.53. The standard InChI is InChI=1S/C28H27N3O6S2/c1-19-9-16-27(37-3)26(17-19)31-39(35,36)24-13-11-22(12-14-24)29-28(32)21-10-15-25(20(2)18-21)30-38(33,34)23-7-5-4-6-8-23/h4-18,30-31H,1-3H3,(H,29,32). The highest BCUT2D eigenvalue weighted by Gasteiger charge is 2.18. The van der Waals surface area contributed by atoms with Crippen molar-refractivity contribution in [2.24, 2.45) is 0 Å². The second kappa shape index (κ2) is 11.2. The largest absolute Gasteiger partial charge is 0.495 e. The third-order valence-corrected chi connectivity index (χ3v) is 8.57. The van der Waals surface area contributed by atoms with Crippen molar-refractivity contribution in [1.82, 2.24) is 0 Å². The summed E-state index contributed by atoms with van der Waals surface area (Å²) in [4.78, 5) is 13.0. The van der Waals surface area contributed by atoms with Crippen LogP contribution in [0.15, 0.2) is 101 Å². The molecular weight excluding hydrogens is 538 g/mol. The summed E-state index contributed by atoms with van der Waals surface area (Å²) in [5, 5.41) is 2.72. The van der Waals surface area contributed by atoms with E-state index in [1.165, 1.54) is 55.6 Å². The first-order valence-corrected chi connectivity index (χ1v) is 14.7. The highest BCUT2D eigenvalue weighted by atomic mass is 32.2. The first-order valence-electron chi connectivity index (χ1n) is 11.8. The molecule has 0 saturated heterocycles. The second-order valence-electron chi connectivity index (χ2n) is 8.74. The molecule has 0 unspecified atom stereocenters. The number of amides is 1. The Kier molecular flexibility index (Phi) is 7.93. The quantitative estimate of drug-likeness (QED) is 0.257. The summed E-state index contributed by atoms with van der Waals surface area (Å²) in [7, 11) is -6.22. The van der Waals surface area contributed by atoms with Crippen molar-refractivity contribution < 1.29 is 26.4 Å². The molecule has 0 heterocycles. The van der Waals surface area contributed by atoms with Gasteiger partial charge in [0.15, 0.2) is 0 Å². The minimum Gasteiger partial charge on any atom is -0.495 e. The summed E-state index contributed by atoms with van der Waals surface area (Å²) in [5.74, 6) is -0.0453. The number of nitrogens with one attached hydrogen (secondary N) is 3. The zero-order valence-corrected chi connectivity index (χ0v) is 23.1. The van der Waals surface area contributed by atoms with Gasteiger partial charge in [0.1, 0.15) is 5.75 Å². The molecule has 0 atom stereocenters. The Balaban J connectivity index is 1.45. The lowest BCUT2D eigenvalue weighted by molar-refractivity contribution is 0.102. The second-order valence-corrected chi connectivity index (χ2v) is 12.1. The lowest BCUT2D eigenvalue weighted by atomic mass is 10.1.